The van der Waals surface area contributed by atoms with Crippen molar-refractivity contribution in [3.8, 4) is 0 Å². The van der Waals surface area contributed by atoms with Crippen molar-refractivity contribution >= 4 is 30.1 Å². The second-order valence-corrected chi connectivity index (χ2v) is 5.97. The fraction of sp³-hybridized carbons (Fsp3) is 0.188. The Morgan fingerprint density at radius 2 is 1.71 bits per heavy atom. The Morgan fingerprint density at radius 1 is 1.10 bits per heavy atom. The van der Waals surface area contributed by atoms with Crippen LogP contribution in [0.15, 0.2) is 58.3 Å². The quantitative estimate of drug-likeness (QED) is 0.902. The minimum Gasteiger partial charge on any atom is -0.478 e. The van der Waals surface area contributed by atoms with Gasteiger partial charge in [-0.3, -0.25) is 0 Å². The monoisotopic (exact) mass is 323 g/mol. The number of nitrogens with zero attached hydrogens (tertiary/aromatic N) is 1. The normalized spacial score (nSPS) is 10.2. The van der Waals surface area contributed by atoms with Gasteiger partial charge >= 0.3 is 5.97 Å². The molecule has 0 spiro atoms. The number of benzene rings is 2. The molecule has 0 radical (unpaired) electrons. The molecule has 0 heterocycles. The van der Waals surface area contributed by atoms with Gasteiger partial charge in [0.15, 0.2) is 0 Å². The van der Waals surface area contributed by atoms with E-state index in [0.29, 0.717) is 5.56 Å². The Morgan fingerprint density at radius 3 is 2.33 bits per heavy atom. The third-order valence-electron chi connectivity index (χ3n) is 2.71. The van der Waals surface area contributed by atoms with Gasteiger partial charge in [-0.2, -0.15) is 0 Å². The van der Waals surface area contributed by atoms with Crippen LogP contribution in [-0.2, 0) is 6.54 Å². The van der Waals surface area contributed by atoms with E-state index < -0.39 is 5.97 Å². The van der Waals surface area contributed by atoms with Gasteiger partial charge < -0.3 is 10.0 Å². The van der Waals surface area contributed by atoms with E-state index in [2.05, 4.69) is 17.0 Å². The van der Waals surface area contributed by atoms with E-state index in [1.54, 1.807) is 30.0 Å². The maximum atomic E-state index is 11.0. The second-order valence-electron chi connectivity index (χ2n) is 4.82. The zero-order valence-corrected chi connectivity index (χ0v) is 13.6. The third kappa shape index (κ3) is 5.42. The summed E-state index contributed by atoms with van der Waals surface area (Å²) in [7, 11) is 4.08. The first-order chi connectivity index (χ1) is 9.54. The number of carbonyl (C=O) groups is 1. The van der Waals surface area contributed by atoms with Gasteiger partial charge in [-0.15, -0.1) is 12.4 Å². The van der Waals surface area contributed by atoms with Crippen molar-refractivity contribution in [1.29, 1.82) is 0 Å². The molecule has 2 rings (SSSR count). The standard InChI is InChI=1S/C16H17NO2S.ClH/c1-17(2)11-12-5-3-7-14(9-12)20-15-8-4-6-13(10-15)16(18)19;/h3-10H,11H2,1-2H3,(H,18,19);1H. The van der Waals surface area contributed by atoms with Crippen molar-refractivity contribution < 1.29 is 9.90 Å². The van der Waals surface area contributed by atoms with Crippen LogP contribution < -0.4 is 0 Å². The number of aromatic carboxylic acids is 1. The maximum absolute atomic E-state index is 11.0. The molecule has 0 aliphatic rings. The summed E-state index contributed by atoms with van der Waals surface area (Å²) in [6.07, 6.45) is 0. The van der Waals surface area contributed by atoms with Gasteiger partial charge in [0.2, 0.25) is 0 Å². The van der Waals surface area contributed by atoms with Crippen molar-refractivity contribution in [3.05, 3.63) is 59.7 Å². The minimum absolute atomic E-state index is 0. The van der Waals surface area contributed by atoms with Crippen LogP contribution in [0, 0.1) is 0 Å². The molecular formula is C16H18ClNO2S. The molecule has 0 atom stereocenters. The molecular weight excluding hydrogens is 306 g/mol. The molecule has 2 aromatic rings. The van der Waals surface area contributed by atoms with Crippen LogP contribution >= 0.6 is 24.2 Å². The summed E-state index contributed by atoms with van der Waals surface area (Å²) in [5.74, 6) is -0.895. The summed E-state index contributed by atoms with van der Waals surface area (Å²) in [6.45, 7) is 0.892. The van der Waals surface area contributed by atoms with Gasteiger partial charge in [0.25, 0.3) is 0 Å². The number of rotatable bonds is 5. The second kappa shape index (κ2) is 8.08. The molecule has 112 valence electrons. The number of hydrogen-bond donors (Lipinski definition) is 1. The molecule has 0 fully saturated rings. The van der Waals surface area contributed by atoms with Crippen LogP contribution in [0.2, 0.25) is 0 Å². The maximum Gasteiger partial charge on any atom is 0.335 e. The van der Waals surface area contributed by atoms with Crippen LogP contribution in [0.1, 0.15) is 15.9 Å². The minimum atomic E-state index is -0.895. The molecule has 0 saturated heterocycles. The predicted octanol–water partition coefficient (Wildman–Crippen LogP) is 4.02. The van der Waals surface area contributed by atoms with Crippen LogP contribution in [-0.4, -0.2) is 30.1 Å². The number of halogens is 1. The molecule has 1 N–H and O–H groups in total. The van der Waals surface area contributed by atoms with Crippen molar-refractivity contribution in [1.82, 2.24) is 4.90 Å². The van der Waals surface area contributed by atoms with Crippen LogP contribution in [0.3, 0.4) is 0 Å². The number of carboxylic acid groups (broad SMARTS) is 1. The molecule has 0 saturated carbocycles. The lowest BCUT2D eigenvalue weighted by Crippen LogP contribution is -2.10. The molecule has 2 aromatic carbocycles. The average molecular weight is 324 g/mol. The number of hydrogen-bond acceptors (Lipinski definition) is 3. The smallest absolute Gasteiger partial charge is 0.335 e. The highest BCUT2D eigenvalue weighted by Gasteiger charge is 2.05. The Labute approximate surface area is 135 Å². The molecule has 0 amide bonds. The lowest BCUT2D eigenvalue weighted by molar-refractivity contribution is 0.0696. The summed E-state index contributed by atoms with van der Waals surface area (Å²) in [6, 6.07) is 15.3. The lowest BCUT2D eigenvalue weighted by Gasteiger charge is -2.10. The van der Waals surface area contributed by atoms with Crippen LogP contribution in [0.25, 0.3) is 0 Å². The first kappa shape index (κ1) is 17.6. The zero-order valence-electron chi connectivity index (χ0n) is 11.9. The van der Waals surface area contributed by atoms with E-state index in [1.165, 1.54) is 5.56 Å². The summed E-state index contributed by atoms with van der Waals surface area (Å²) in [5, 5.41) is 9.00. The highest BCUT2D eigenvalue weighted by Crippen LogP contribution is 2.29. The van der Waals surface area contributed by atoms with Gasteiger partial charge in [0, 0.05) is 16.3 Å². The summed E-state index contributed by atoms with van der Waals surface area (Å²) in [5.41, 5.74) is 1.56. The van der Waals surface area contributed by atoms with E-state index in [1.807, 2.05) is 32.3 Å². The van der Waals surface area contributed by atoms with Crippen molar-refractivity contribution in [2.24, 2.45) is 0 Å². The fourth-order valence-electron chi connectivity index (χ4n) is 1.90. The molecule has 21 heavy (non-hydrogen) atoms. The summed E-state index contributed by atoms with van der Waals surface area (Å²) >= 11 is 1.58. The van der Waals surface area contributed by atoms with E-state index in [4.69, 9.17) is 5.11 Å². The van der Waals surface area contributed by atoms with Gasteiger partial charge in [-0.1, -0.05) is 30.0 Å². The first-order valence-electron chi connectivity index (χ1n) is 6.29. The topological polar surface area (TPSA) is 40.5 Å². The van der Waals surface area contributed by atoms with Crippen molar-refractivity contribution in [2.45, 2.75) is 16.3 Å². The Balaban J connectivity index is 0.00000220. The number of carboxylic acids is 1. The fourth-order valence-corrected chi connectivity index (χ4v) is 2.86. The average Bonchev–Trinajstić information content (AvgIpc) is 2.38. The third-order valence-corrected chi connectivity index (χ3v) is 3.69. The van der Waals surface area contributed by atoms with Crippen LogP contribution in [0.4, 0.5) is 0 Å². The zero-order chi connectivity index (χ0) is 14.5. The van der Waals surface area contributed by atoms with Crippen LogP contribution in [0.5, 0.6) is 0 Å². The van der Waals surface area contributed by atoms with E-state index in [0.717, 1.165) is 16.3 Å². The van der Waals surface area contributed by atoms with Gasteiger partial charge in [-0.25, -0.2) is 4.79 Å². The van der Waals surface area contributed by atoms with Crippen molar-refractivity contribution in [2.75, 3.05) is 14.1 Å². The SMILES string of the molecule is CN(C)Cc1cccc(Sc2cccc(C(=O)O)c2)c1.Cl. The van der Waals surface area contributed by atoms with Gasteiger partial charge in [0.05, 0.1) is 5.56 Å². The van der Waals surface area contributed by atoms with E-state index in [-0.39, 0.29) is 12.4 Å². The Bertz CT molecular complexity index is 617. The molecule has 0 unspecified atom stereocenters. The van der Waals surface area contributed by atoms with E-state index in [9.17, 15) is 4.79 Å². The molecule has 0 bridgehead atoms. The molecule has 3 nitrogen and oxygen atoms in total. The van der Waals surface area contributed by atoms with Gasteiger partial charge in [-0.05, 0) is 50.0 Å². The van der Waals surface area contributed by atoms with E-state index >= 15 is 0 Å². The Hall–Kier alpha value is -1.49. The van der Waals surface area contributed by atoms with Gasteiger partial charge in [0.1, 0.15) is 0 Å². The van der Waals surface area contributed by atoms with Crippen molar-refractivity contribution in [3.63, 3.8) is 0 Å². The lowest BCUT2D eigenvalue weighted by atomic mass is 10.2. The summed E-state index contributed by atoms with van der Waals surface area (Å²) < 4.78 is 0. The molecule has 0 aromatic heterocycles. The Kier molecular flexibility index (Phi) is 6.75. The largest absolute Gasteiger partial charge is 0.478 e. The predicted molar refractivity (Wildman–Crippen MR) is 88.6 cm³/mol. The molecule has 0 aliphatic carbocycles. The highest BCUT2D eigenvalue weighted by molar-refractivity contribution is 7.99. The first-order valence-corrected chi connectivity index (χ1v) is 7.11. The highest BCUT2D eigenvalue weighted by atomic mass is 35.5. The summed E-state index contributed by atoms with van der Waals surface area (Å²) in [4.78, 5) is 15.1. The molecule has 0 aliphatic heterocycles. The molecule has 5 heteroatoms.